The van der Waals surface area contributed by atoms with Crippen LogP contribution < -0.4 is 4.74 Å². The highest BCUT2D eigenvalue weighted by Gasteiger charge is 2.10. The van der Waals surface area contributed by atoms with Gasteiger partial charge >= 0.3 is 0 Å². The van der Waals surface area contributed by atoms with Crippen molar-refractivity contribution >= 4 is 11.6 Å². The molecule has 1 aromatic carbocycles. The number of halogens is 1. The van der Waals surface area contributed by atoms with Gasteiger partial charge in [-0.05, 0) is 17.5 Å². The van der Waals surface area contributed by atoms with Gasteiger partial charge in [0.2, 0.25) is 0 Å². The Morgan fingerprint density at radius 3 is 2.46 bits per heavy atom. The molecule has 0 bridgehead atoms. The molecule has 0 spiro atoms. The zero-order valence-electron chi connectivity index (χ0n) is 7.97. The molecule has 0 saturated carbocycles. The van der Waals surface area contributed by atoms with E-state index >= 15 is 0 Å². The minimum Gasteiger partial charge on any atom is -0.504 e. The summed E-state index contributed by atoms with van der Waals surface area (Å²) < 4.78 is 4.98. The highest BCUT2D eigenvalue weighted by Crippen LogP contribution is 2.35. The lowest BCUT2D eigenvalue weighted by Crippen LogP contribution is -1.91. The summed E-state index contributed by atoms with van der Waals surface area (Å²) in [5, 5.41) is 9.97. The maximum atomic E-state index is 9.39. The number of aromatic hydroxyl groups is 1. The minimum atomic E-state index is 0.0805. The second-order valence-electron chi connectivity index (χ2n) is 3.20. The molecule has 1 aromatic rings. The fourth-order valence-electron chi connectivity index (χ4n) is 1.16. The Labute approximate surface area is 83.1 Å². The second kappa shape index (κ2) is 3.88. The third kappa shape index (κ3) is 2.07. The molecule has 0 fully saturated rings. The van der Waals surface area contributed by atoms with E-state index in [1.54, 1.807) is 6.07 Å². The molecule has 0 aliphatic heterocycles. The van der Waals surface area contributed by atoms with Gasteiger partial charge in [-0.25, -0.2) is 0 Å². The summed E-state index contributed by atoms with van der Waals surface area (Å²) in [7, 11) is 1.52. The van der Waals surface area contributed by atoms with Crippen LogP contribution >= 0.6 is 11.6 Å². The maximum absolute atomic E-state index is 9.39. The number of phenols is 1. The summed E-state index contributed by atoms with van der Waals surface area (Å²) in [4.78, 5) is 0. The predicted molar refractivity (Wildman–Crippen MR) is 53.8 cm³/mol. The molecule has 1 N–H and O–H groups in total. The standard InChI is InChI=1S/C10H13ClO2/c1-6(2)7-4-10(13-3)9(12)5-8(7)11/h4-6,12H,1-3H3. The molecular weight excluding hydrogens is 188 g/mol. The van der Waals surface area contributed by atoms with Crippen LogP contribution in [0, 0.1) is 0 Å². The van der Waals surface area contributed by atoms with E-state index in [1.165, 1.54) is 13.2 Å². The molecule has 2 nitrogen and oxygen atoms in total. The molecule has 1 rings (SSSR count). The third-order valence-corrected chi connectivity index (χ3v) is 2.25. The quantitative estimate of drug-likeness (QED) is 0.795. The van der Waals surface area contributed by atoms with Gasteiger partial charge < -0.3 is 9.84 Å². The second-order valence-corrected chi connectivity index (χ2v) is 3.61. The summed E-state index contributed by atoms with van der Waals surface area (Å²) >= 11 is 5.94. The number of hydrogen-bond acceptors (Lipinski definition) is 2. The molecule has 13 heavy (non-hydrogen) atoms. The van der Waals surface area contributed by atoms with Crippen molar-refractivity contribution < 1.29 is 9.84 Å². The van der Waals surface area contributed by atoms with Gasteiger partial charge in [-0.1, -0.05) is 25.4 Å². The van der Waals surface area contributed by atoms with E-state index in [0.717, 1.165) is 5.56 Å². The first-order valence-corrected chi connectivity index (χ1v) is 4.50. The lowest BCUT2D eigenvalue weighted by atomic mass is 10.0. The van der Waals surface area contributed by atoms with Crippen molar-refractivity contribution in [2.45, 2.75) is 19.8 Å². The number of ether oxygens (including phenoxy) is 1. The zero-order chi connectivity index (χ0) is 10.0. The summed E-state index contributed by atoms with van der Waals surface area (Å²) in [6, 6.07) is 3.28. The van der Waals surface area contributed by atoms with Crippen LogP contribution in [0.4, 0.5) is 0 Å². The number of rotatable bonds is 2. The monoisotopic (exact) mass is 200 g/mol. The Morgan fingerprint density at radius 2 is 2.00 bits per heavy atom. The first kappa shape index (κ1) is 10.2. The van der Waals surface area contributed by atoms with Crippen molar-refractivity contribution in [3.8, 4) is 11.5 Å². The molecule has 0 aliphatic rings. The van der Waals surface area contributed by atoms with Gasteiger partial charge in [-0.2, -0.15) is 0 Å². The van der Waals surface area contributed by atoms with Crippen LogP contribution in [0.25, 0.3) is 0 Å². The predicted octanol–water partition coefficient (Wildman–Crippen LogP) is 3.18. The van der Waals surface area contributed by atoms with Crippen molar-refractivity contribution in [2.75, 3.05) is 7.11 Å². The van der Waals surface area contributed by atoms with Crippen LogP contribution in [0.2, 0.25) is 5.02 Å². The fraction of sp³-hybridized carbons (Fsp3) is 0.400. The Hall–Kier alpha value is -0.890. The van der Waals surface area contributed by atoms with Gasteiger partial charge in [0.05, 0.1) is 7.11 Å². The SMILES string of the molecule is COc1cc(C(C)C)c(Cl)cc1O. The van der Waals surface area contributed by atoms with Crippen molar-refractivity contribution in [1.82, 2.24) is 0 Å². The maximum Gasteiger partial charge on any atom is 0.160 e. The number of methoxy groups -OCH3 is 1. The van der Waals surface area contributed by atoms with Crippen LogP contribution in [0.3, 0.4) is 0 Å². The van der Waals surface area contributed by atoms with Gasteiger partial charge in [0.15, 0.2) is 11.5 Å². The Kier molecular flexibility index (Phi) is 3.04. The van der Waals surface area contributed by atoms with Crippen LogP contribution in [-0.4, -0.2) is 12.2 Å². The number of hydrogen-bond donors (Lipinski definition) is 1. The molecule has 0 unspecified atom stereocenters. The lowest BCUT2D eigenvalue weighted by Gasteiger charge is -2.11. The van der Waals surface area contributed by atoms with Gasteiger partial charge in [-0.15, -0.1) is 0 Å². The largest absolute Gasteiger partial charge is 0.504 e. The highest BCUT2D eigenvalue weighted by molar-refractivity contribution is 6.31. The lowest BCUT2D eigenvalue weighted by molar-refractivity contribution is 0.373. The average molecular weight is 201 g/mol. The van der Waals surface area contributed by atoms with E-state index in [0.29, 0.717) is 16.7 Å². The van der Waals surface area contributed by atoms with E-state index in [9.17, 15) is 5.11 Å². The van der Waals surface area contributed by atoms with E-state index in [2.05, 4.69) is 0 Å². The van der Waals surface area contributed by atoms with Crippen molar-refractivity contribution in [3.63, 3.8) is 0 Å². The molecule has 0 heterocycles. The first-order valence-electron chi connectivity index (χ1n) is 4.12. The fourth-order valence-corrected chi connectivity index (χ4v) is 1.54. The van der Waals surface area contributed by atoms with E-state index < -0.39 is 0 Å². The summed E-state index contributed by atoms with van der Waals surface area (Å²) in [6.45, 7) is 4.08. The molecule has 0 aromatic heterocycles. The van der Waals surface area contributed by atoms with Gasteiger partial charge in [0.25, 0.3) is 0 Å². The molecule has 0 amide bonds. The first-order chi connectivity index (χ1) is 6.06. The van der Waals surface area contributed by atoms with Crippen LogP contribution in [0.1, 0.15) is 25.3 Å². The molecule has 0 saturated heterocycles. The molecule has 3 heteroatoms. The van der Waals surface area contributed by atoms with Crippen molar-refractivity contribution in [2.24, 2.45) is 0 Å². The summed E-state index contributed by atoms with van der Waals surface area (Å²) in [5.41, 5.74) is 0.983. The van der Waals surface area contributed by atoms with Gasteiger partial charge in [-0.3, -0.25) is 0 Å². The molecule has 72 valence electrons. The summed E-state index contributed by atoms with van der Waals surface area (Å²) in [5.74, 6) is 0.868. The van der Waals surface area contributed by atoms with Gasteiger partial charge in [0, 0.05) is 11.1 Å². The van der Waals surface area contributed by atoms with Crippen molar-refractivity contribution in [1.29, 1.82) is 0 Å². The van der Waals surface area contributed by atoms with Crippen LogP contribution in [0.5, 0.6) is 11.5 Å². The number of benzene rings is 1. The van der Waals surface area contributed by atoms with Crippen LogP contribution in [-0.2, 0) is 0 Å². The topological polar surface area (TPSA) is 29.5 Å². The van der Waals surface area contributed by atoms with E-state index in [1.807, 2.05) is 13.8 Å². The smallest absolute Gasteiger partial charge is 0.160 e. The normalized spacial score (nSPS) is 10.5. The Balaban J connectivity index is 3.22. The third-order valence-electron chi connectivity index (χ3n) is 1.92. The molecular formula is C10H13ClO2. The molecule has 0 atom stereocenters. The van der Waals surface area contributed by atoms with Crippen LogP contribution in [0.15, 0.2) is 12.1 Å². The van der Waals surface area contributed by atoms with Crippen molar-refractivity contribution in [3.05, 3.63) is 22.7 Å². The highest BCUT2D eigenvalue weighted by atomic mass is 35.5. The zero-order valence-corrected chi connectivity index (χ0v) is 8.72. The Bertz CT molecular complexity index is 308. The Morgan fingerprint density at radius 1 is 1.38 bits per heavy atom. The molecule has 0 aliphatic carbocycles. The van der Waals surface area contributed by atoms with E-state index in [-0.39, 0.29) is 5.75 Å². The van der Waals surface area contributed by atoms with E-state index in [4.69, 9.17) is 16.3 Å². The van der Waals surface area contributed by atoms with Gasteiger partial charge in [0.1, 0.15) is 0 Å². The number of phenolic OH excluding ortho intramolecular Hbond substituents is 1. The minimum absolute atomic E-state index is 0.0805. The summed E-state index contributed by atoms with van der Waals surface area (Å²) in [6.07, 6.45) is 0. The average Bonchev–Trinajstić information content (AvgIpc) is 2.03. The molecule has 0 radical (unpaired) electrons.